The molecule has 1 aromatic carbocycles. The normalized spacial score (nSPS) is 33.5. The van der Waals surface area contributed by atoms with Crippen molar-refractivity contribution in [1.29, 1.82) is 0 Å². The van der Waals surface area contributed by atoms with Gasteiger partial charge < -0.3 is 19.8 Å². The number of phenolic OH excluding ortho intramolecular Hbond substituents is 1. The van der Waals surface area contributed by atoms with Gasteiger partial charge in [-0.15, -0.1) is 0 Å². The van der Waals surface area contributed by atoms with Crippen LogP contribution in [0.15, 0.2) is 41.8 Å². The molecule has 158 valence electrons. The van der Waals surface area contributed by atoms with Crippen molar-refractivity contribution in [2.75, 3.05) is 7.11 Å². The van der Waals surface area contributed by atoms with Crippen molar-refractivity contribution in [3.63, 3.8) is 0 Å². The number of hydrogen-bond donors (Lipinski definition) is 2. The molecule has 0 spiro atoms. The van der Waals surface area contributed by atoms with Crippen LogP contribution in [0.3, 0.4) is 0 Å². The van der Waals surface area contributed by atoms with Crippen molar-refractivity contribution in [3.05, 3.63) is 47.8 Å². The third-order valence-corrected chi connectivity index (χ3v) is 7.77. The number of methoxy groups -OCH3 is 1. The van der Waals surface area contributed by atoms with E-state index in [0.717, 1.165) is 48.9 Å². The van der Waals surface area contributed by atoms with Gasteiger partial charge in [0.2, 0.25) is 0 Å². The van der Waals surface area contributed by atoms with Crippen molar-refractivity contribution in [2.24, 2.45) is 22.4 Å². The lowest BCUT2D eigenvalue weighted by Gasteiger charge is -2.50. The van der Waals surface area contributed by atoms with Gasteiger partial charge in [-0.05, 0) is 85.1 Å². The van der Waals surface area contributed by atoms with Crippen molar-refractivity contribution < 1.29 is 19.8 Å². The van der Waals surface area contributed by atoms with Gasteiger partial charge in [0.25, 0.3) is 0 Å². The van der Waals surface area contributed by atoms with Crippen molar-refractivity contribution in [3.8, 4) is 17.2 Å². The van der Waals surface area contributed by atoms with Gasteiger partial charge in [-0.3, -0.25) is 4.98 Å². The molecule has 0 aliphatic heterocycles. The summed E-state index contributed by atoms with van der Waals surface area (Å²) in [5.41, 5.74) is 2.90. The first-order valence-corrected chi connectivity index (χ1v) is 10.7. The van der Waals surface area contributed by atoms with E-state index in [4.69, 9.17) is 9.57 Å². The van der Waals surface area contributed by atoms with Crippen molar-refractivity contribution >= 4 is 5.71 Å². The van der Waals surface area contributed by atoms with Gasteiger partial charge in [-0.2, -0.15) is 0 Å². The van der Waals surface area contributed by atoms with E-state index < -0.39 is 0 Å². The standard InChI is InChI=1S/C24H28N2O4/c1-24-8-7-15-16-12-22(29-2)21(27)11-18(16)20(26-30-14-4-3-9-25-13-14)10-17(15)19(24)5-6-23(24)28/h3-4,9,11-13,15,17,19,23,27-28H,5-8,10H2,1-2H3/t15-,17-,19+,23?,24+/m1/s1. The minimum Gasteiger partial charge on any atom is -0.504 e. The highest BCUT2D eigenvalue weighted by Gasteiger charge is 2.55. The second-order valence-corrected chi connectivity index (χ2v) is 9.15. The topological polar surface area (TPSA) is 84.2 Å². The summed E-state index contributed by atoms with van der Waals surface area (Å²) in [6.45, 7) is 2.25. The van der Waals surface area contributed by atoms with E-state index >= 15 is 0 Å². The number of pyridine rings is 1. The lowest BCUT2D eigenvalue weighted by molar-refractivity contribution is -0.0178. The van der Waals surface area contributed by atoms with Gasteiger partial charge in [-0.25, -0.2) is 0 Å². The minimum absolute atomic E-state index is 0.0327. The number of nitrogens with zero attached hydrogens (tertiary/aromatic N) is 2. The summed E-state index contributed by atoms with van der Waals surface area (Å²) in [6.07, 6.45) is 7.82. The van der Waals surface area contributed by atoms with E-state index in [-0.39, 0.29) is 17.3 Å². The van der Waals surface area contributed by atoms with Crippen molar-refractivity contribution in [2.45, 2.75) is 51.0 Å². The first-order chi connectivity index (χ1) is 14.5. The Bertz CT molecular complexity index is 977. The van der Waals surface area contributed by atoms with Crippen LogP contribution in [0.1, 0.15) is 56.1 Å². The van der Waals surface area contributed by atoms with Crippen LogP contribution < -0.4 is 9.57 Å². The molecule has 0 amide bonds. The summed E-state index contributed by atoms with van der Waals surface area (Å²) in [6, 6.07) is 7.35. The lowest BCUT2D eigenvalue weighted by Crippen LogP contribution is -2.45. The average molecular weight is 408 g/mol. The summed E-state index contributed by atoms with van der Waals surface area (Å²) in [4.78, 5) is 9.78. The highest BCUT2D eigenvalue weighted by molar-refractivity contribution is 6.03. The number of ether oxygens (including phenoxy) is 1. The monoisotopic (exact) mass is 408 g/mol. The highest BCUT2D eigenvalue weighted by Crippen LogP contribution is 2.61. The van der Waals surface area contributed by atoms with Crippen LogP contribution in [-0.4, -0.2) is 34.1 Å². The van der Waals surface area contributed by atoms with Crippen molar-refractivity contribution in [1.82, 2.24) is 4.98 Å². The van der Waals surface area contributed by atoms with Gasteiger partial charge in [0.05, 0.1) is 25.1 Å². The maximum Gasteiger partial charge on any atom is 0.176 e. The molecular weight excluding hydrogens is 380 g/mol. The summed E-state index contributed by atoms with van der Waals surface area (Å²) in [5.74, 6) is 2.38. The van der Waals surface area contributed by atoms with E-state index in [2.05, 4.69) is 17.1 Å². The lowest BCUT2D eigenvalue weighted by atomic mass is 9.55. The zero-order valence-corrected chi connectivity index (χ0v) is 17.4. The molecule has 2 fully saturated rings. The van der Waals surface area contributed by atoms with Crippen LogP contribution in [0.2, 0.25) is 0 Å². The first kappa shape index (κ1) is 19.4. The molecule has 30 heavy (non-hydrogen) atoms. The number of phenols is 1. The fourth-order valence-electron chi connectivity index (χ4n) is 6.16. The predicted molar refractivity (Wildman–Crippen MR) is 113 cm³/mol. The third kappa shape index (κ3) is 2.97. The fourth-order valence-corrected chi connectivity index (χ4v) is 6.16. The Morgan fingerprint density at radius 1 is 1.23 bits per heavy atom. The predicted octanol–water partition coefficient (Wildman–Crippen LogP) is 4.25. The summed E-state index contributed by atoms with van der Waals surface area (Å²) >= 11 is 0. The number of oxime groups is 1. The maximum absolute atomic E-state index is 10.7. The number of aromatic hydroxyl groups is 1. The summed E-state index contributed by atoms with van der Waals surface area (Å²) in [5, 5.41) is 25.6. The summed E-state index contributed by atoms with van der Waals surface area (Å²) < 4.78 is 5.41. The zero-order valence-electron chi connectivity index (χ0n) is 17.4. The SMILES string of the molecule is COc1cc2c(cc1O)C(=NOc1cccnc1)C[C@@H]1[C@@H]2CC[C@]2(C)C(O)CC[C@@H]12. The molecule has 6 heteroatoms. The first-order valence-electron chi connectivity index (χ1n) is 10.7. The average Bonchev–Trinajstić information content (AvgIpc) is 3.07. The number of aliphatic hydroxyl groups is 1. The van der Waals surface area contributed by atoms with Crippen LogP contribution in [0.25, 0.3) is 0 Å². The van der Waals surface area contributed by atoms with Crippen LogP contribution in [-0.2, 0) is 0 Å². The molecule has 2 aromatic rings. The van der Waals surface area contributed by atoms with E-state index in [0.29, 0.717) is 29.3 Å². The van der Waals surface area contributed by atoms with E-state index in [1.807, 2.05) is 18.2 Å². The smallest absolute Gasteiger partial charge is 0.176 e. The van der Waals surface area contributed by atoms with Gasteiger partial charge >= 0.3 is 0 Å². The third-order valence-electron chi connectivity index (χ3n) is 7.77. The Balaban J connectivity index is 1.58. The summed E-state index contributed by atoms with van der Waals surface area (Å²) in [7, 11) is 1.58. The Morgan fingerprint density at radius 3 is 2.87 bits per heavy atom. The van der Waals surface area contributed by atoms with E-state index in [1.165, 1.54) is 0 Å². The molecule has 1 heterocycles. The number of rotatable bonds is 3. The Hall–Kier alpha value is -2.60. The van der Waals surface area contributed by atoms with Gasteiger partial charge in [0.15, 0.2) is 17.2 Å². The molecule has 5 rings (SSSR count). The molecule has 0 radical (unpaired) electrons. The van der Waals surface area contributed by atoms with Crippen LogP contribution in [0.4, 0.5) is 0 Å². The maximum atomic E-state index is 10.7. The molecule has 5 atom stereocenters. The van der Waals surface area contributed by atoms with Gasteiger partial charge in [0, 0.05) is 11.8 Å². The molecule has 1 aromatic heterocycles. The highest BCUT2D eigenvalue weighted by atomic mass is 16.6. The minimum atomic E-state index is -0.230. The van der Waals surface area contributed by atoms with E-state index in [1.54, 1.807) is 25.6 Å². The second kappa shape index (κ2) is 7.27. The number of aromatic nitrogens is 1. The van der Waals surface area contributed by atoms with Crippen LogP contribution in [0.5, 0.6) is 17.2 Å². The van der Waals surface area contributed by atoms with Crippen LogP contribution in [0, 0.1) is 17.3 Å². The number of aliphatic hydroxyl groups excluding tert-OH is 1. The molecule has 2 N–H and O–H groups in total. The van der Waals surface area contributed by atoms with Gasteiger partial charge in [-0.1, -0.05) is 12.1 Å². The van der Waals surface area contributed by atoms with E-state index in [9.17, 15) is 10.2 Å². The Kier molecular flexibility index (Phi) is 4.69. The molecule has 6 nitrogen and oxygen atoms in total. The number of benzene rings is 1. The van der Waals surface area contributed by atoms with Gasteiger partial charge in [0.1, 0.15) is 0 Å². The molecule has 2 saturated carbocycles. The zero-order chi connectivity index (χ0) is 20.9. The Morgan fingerprint density at radius 2 is 2.10 bits per heavy atom. The van der Waals surface area contributed by atoms with Crippen LogP contribution >= 0.6 is 0 Å². The molecule has 3 aliphatic rings. The molecule has 1 unspecified atom stereocenters. The second-order valence-electron chi connectivity index (χ2n) is 9.15. The molecule has 3 aliphatic carbocycles. The molecule has 0 bridgehead atoms. The quantitative estimate of drug-likeness (QED) is 0.742. The fraction of sp³-hybridized carbons (Fsp3) is 0.500. The largest absolute Gasteiger partial charge is 0.504 e. The Labute approximate surface area is 176 Å². The molecule has 0 saturated heterocycles. The number of hydrogen-bond acceptors (Lipinski definition) is 6. The number of fused-ring (bicyclic) bond motifs is 5. The molecular formula is C24H28N2O4.